The van der Waals surface area contributed by atoms with Crippen LogP contribution < -0.4 is 5.32 Å². The quantitative estimate of drug-likeness (QED) is 0.536. The second kappa shape index (κ2) is 7.47. The molecule has 0 saturated carbocycles. The van der Waals surface area contributed by atoms with Gasteiger partial charge in [-0.2, -0.15) is 5.10 Å². The lowest BCUT2D eigenvalue weighted by molar-refractivity contribution is 0.102. The number of benzene rings is 2. The fraction of sp³-hybridized carbons (Fsp3) is 0.174. The maximum atomic E-state index is 13.7. The highest BCUT2D eigenvalue weighted by Crippen LogP contribution is 2.26. The van der Waals surface area contributed by atoms with Gasteiger partial charge in [0.25, 0.3) is 5.91 Å². The summed E-state index contributed by atoms with van der Waals surface area (Å²) < 4.78 is 15.3. The number of fused-ring (bicyclic) bond motifs is 1. The summed E-state index contributed by atoms with van der Waals surface area (Å²) >= 11 is 0. The van der Waals surface area contributed by atoms with E-state index >= 15 is 0 Å². The molecule has 0 saturated heterocycles. The Morgan fingerprint density at radius 3 is 2.66 bits per heavy atom. The molecule has 6 heteroatoms. The number of rotatable bonds is 4. The number of carbonyl (C=O) groups excluding carboxylic acids is 1. The Kier molecular flexibility index (Phi) is 4.84. The number of para-hydroxylation sites is 1. The van der Waals surface area contributed by atoms with E-state index in [0.29, 0.717) is 33.7 Å². The molecule has 4 rings (SSSR count). The molecule has 1 N–H and O–H groups in total. The average Bonchev–Trinajstić information content (AvgIpc) is 3.04. The van der Waals surface area contributed by atoms with Gasteiger partial charge < -0.3 is 5.32 Å². The van der Waals surface area contributed by atoms with Crippen LogP contribution in [0.25, 0.3) is 16.7 Å². The number of hydrogen-bond acceptors (Lipinski definition) is 3. The van der Waals surface area contributed by atoms with E-state index in [0.717, 1.165) is 17.7 Å². The van der Waals surface area contributed by atoms with E-state index in [-0.39, 0.29) is 11.7 Å². The van der Waals surface area contributed by atoms with Gasteiger partial charge >= 0.3 is 0 Å². The predicted octanol–water partition coefficient (Wildman–Crippen LogP) is 4.99. The van der Waals surface area contributed by atoms with Crippen molar-refractivity contribution < 1.29 is 9.18 Å². The molecule has 2 aromatic heterocycles. The minimum absolute atomic E-state index is 0.219. The van der Waals surface area contributed by atoms with Crippen molar-refractivity contribution in [3.8, 4) is 5.69 Å². The Bertz CT molecular complexity index is 1230. The molecule has 2 heterocycles. The lowest BCUT2D eigenvalue weighted by Crippen LogP contribution is -2.14. The number of hydrogen-bond donors (Lipinski definition) is 1. The van der Waals surface area contributed by atoms with E-state index in [1.165, 1.54) is 12.1 Å². The van der Waals surface area contributed by atoms with Gasteiger partial charge in [-0.15, -0.1) is 0 Å². The minimum atomic E-state index is -0.356. The molecule has 4 aromatic rings. The number of anilines is 1. The fourth-order valence-electron chi connectivity index (χ4n) is 3.52. The van der Waals surface area contributed by atoms with Crippen molar-refractivity contribution in [1.29, 1.82) is 0 Å². The van der Waals surface area contributed by atoms with Crippen molar-refractivity contribution in [3.63, 3.8) is 0 Å². The number of nitrogens with zero attached hydrogens (tertiary/aromatic N) is 3. The van der Waals surface area contributed by atoms with Gasteiger partial charge in [-0.3, -0.25) is 4.79 Å². The molecule has 0 bridgehead atoms. The van der Waals surface area contributed by atoms with Crippen molar-refractivity contribution in [2.24, 2.45) is 0 Å². The third-order valence-corrected chi connectivity index (χ3v) is 4.88. The van der Waals surface area contributed by atoms with E-state index in [1.54, 1.807) is 22.9 Å². The van der Waals surface area contributed by atoms with Gasteiger partial charge in [-0.25, -0.2) is 14.1 Å². The molecule has 0 fully saturated rings. The molecule has 0 spiro atoms. The number of amides is 1. The lowest BCUT2D eigenvalue weighted by Gasteiger charge is -2.11. The summed E-state index contributed by atoms with van der Waals surface area (Å²) in [4.78, 5) is 17.7. The van der Waals surface area contributed by atoms with E-state index in [9.17, 15) is 9.18 Å². The first kappa shape index (κ1) is 18.8. The minimum Gasteiger partial charge on any atom is -0.322 e. The van der Waals surface area contributed by atoms with Crippen LogP contribution in [0, 0.1) is 19.7 Å². The number of nitrogens with one attached hydrogen (secondary N) is 1. The number of pyridine rings is 1. The maximum Gasteiger partial charge on any atom is 0.256 e. The molecule has 0 aliphatic rings. The van der Waals surface area contributed by atoms with Gasteiger partial charge in [0.1, 0.15) is 5.82 Å². The zero-order valence-corrected chi connectivity index (χ0v) is 16.5. The normalized spacial score (nSPS) is 11.0. The molecule has 0 atom stereocenters. The molecule has 5 nitrogen and oxygen atoms in total. The van der Waals surface area contributed by atoms with Gasteiger partial charge in [0.15, 0.2) is 5.65 Å². The van der Waals surface area contributed by atoms with Crippen LogP contribution in [0.2, 0.25) is 0 Å². The van der Waals surface area contributed by atoms with Crippen molar-refractivity contribution in [2.45, 2.75) is 27.2 Å². The summed E-state index contributed by atoms with van der Waals surface area (Å²) in [7, 11) is 0. The van der Waals surface area contributed by atoms with Crippen LogP contribution >= 0.6 is 0 Å². The standard InChI is InChI=1S/C23H21FN4O/c1-4-16-8-5-6-11-20(16)26-23(29)19-12-14(2)25-22-21(19)15(3)27-28(22)18-10-7-9-17(24)13-18/h5-13H,4H2,1-3H3,(H,26,29). The van der Waals surface area contributed by atoms with E-state index in [1.807, 2.05) is 45.0 Å². The van der Waals surface area contributed by atoms with Gasteiger partial charge in [-0.1, -0.05) is 31.2 Å². The Hall–Kier alpha value is -3.54. The average molecular weight is 388 g/mol. The van der Waals surface area contributed by atoms with Gasteiger partial charge in [0.2, 0.25) is 0 Å². The number of carbonyl (C=O) groups is 1. The van der Waals surface area contributed by atoms with Crippen LogP contribution in [0.15, 0.2) is 54.6 Å². The molecule has 146 valence electrons. The lowest BCUT2D eigenvalue weighted by atomic mass is 10.1. The van der Waals surface area contributed by atoms with Crippen molar-refractivity contribution in [3.05, 3.63) is 82.9 Å². The highest BCUT2D eigenvalue weighted by molar-refractivity contribution is 6.13. The van der Waals surface area contributed by atoms with Gasteiger partial charge in [0.05, 0.1) is 22.3 Å². The third-order valence-electron chi connectivity index (χ3n) is 4.88. The maximum absolute atomic E-state index is 13.7. The molecule has 1 amide bonds. The van der Waals surface area contributed by atoms with Crippen LogP contribution in [0.3, 0.4) is 0 Å². The van der Waals surface area contributed by atoms with Gasteiger partial charge in [-0.05, 0) is 56.2 Å². The highest BCUT2D eigenvalue weighted by atomic mass is 19.1. The SMILES string of the molecule is CCc1ccccc1NC(=O)c1cc(C)nc2c1c(C)nn2-c1cccc(F)c1. The molecule has 2 aromatic carbocycles. The first-order chi connectivity index (χ1) is 14.0. The van der Waals surface area contributed by atoms with Crippen LogP contribution in [0.4, 0.5) is 10.1 Å². The van der Waals surface area contributed by atoms with Crippen molar-refractivity contribution in [2.75, 3.05) is 5.32 Å². The second-order valence-electron chi connectivity index (χ2n) is 6.95. The molecule has 0 unspecified atom stereocenters. The summed E-state index contributed by atoms with van der Waals surface area (Å²) in [6, 6.07) is 15.7. The Morgan fingerprint density at radius 1 is 1.10 bits per heavy atom. The largest absolute Gasteiger partial charge is 0.322 e. The van der Waals surface area contributed by atoms with Crippen LogP contribution in [-0.4, -0.2) is 20.7 Å². The Morgan fingerprint density at radius 2 is 1.90 bits per heavy atom. The molecule has 29 heavy (non-hydrogen) atoms. The summed E-state index contributed by atoms with van der Waals surface area (Å²) in [5, 5.41) is 8.21. The van der Waals surface area contributed by atoms with Gasteiger partial charge in [0, 0.05) is 11.4 Å². The van der Waals surface area contributed by atoms with E-state index in [4.69, 9.17) is 0 Å². The van der Waals surface area contributed by atoms with Crippen LogP contribution in [0.5, 0.6) is 0 Å². The van der Waals surface area contributed by atoms with Crippen molar-refractivity contribution in [1.82, 2.24) is 14.8 Å². The third kappa shape index (κ3) is 3.49. The second-order valence-corrected chi connectivity index (χ2v) is 6.95. The zero-order valence-electron chi connectivity index (χ0n) is 16.5. The zero-order chi connectivity index (χ0) is 20.5. The molecular weight excluding hydrogens is 367 g/mol. The highest BCUT2D eigenvalue weighted by Gasteiger charge is 2.20. The fourth-order valence-corrected chi connectivity index (χ4v) is 3.52. The summed E-state index contributed by atoms with van der Waals surface area (Å²) in [5.74, 6) is -0.575. The number of aryl methyl sites for hydroxylation is 3. The molecule has 0 radical (unpaired) electrons. The molecule has 0 aliphatic carbocycles. The first-order valence-corrected chi connectivity index (χ1v) is 9.50. The summed E-state index contributed by atoms with van der Waals surface area (Å²) in [6.45, 7) is 5.70. The monoisotopic (exact) mass is 388 g/mol. The molecular formula is C23H21FN4O. The number of aromatic nitrogens is 3. The summed E-state index contributed by atoms with van der Waals surface area (Å²) in [6.07, 6.45) is 0.817. The topological polar surface area (TPSA) is 59.8 Å². The predicted molar refractivity (Wildman–Crippen MR) is 112 cm³/mol. The van der Waals surface area contributed by atoms with E-state index in [2.05, 4.69) is 15.4 Å². The summed E-state index contributed by atoms with van der Waals surface area (Å²) in [5.41, 5.74) is 4.78. The number of halogens is 1. The first-order valence-electron chi connectivity index (χ1n) is 9.50. The van der Waals surface area contributed by atoms with E-state index < -0.39 is 0 Å². The molecule has 0 aliphatic heterocycles. The Labute approximate surface area is 168 Å². The Balaban J connectivity index is 1.84. The van der Waals surface area contributed by atoms with Crippen molar-refractivity contribution >= 4 is 22.6 Å². The van der Waals surface area contributed by atoms with Crippen LogP contribution in [0.1, 0.15) is 34.2 Å². The van der Waals surface area contributed by atoms with Crippen LogP contribution in [-0.2, 0) is 6.42 Å². The smallest absolute Gasteiger partial charge is 0.256 e.